The lowest BCUT2D eigenvalue weighted by atomic mass is 10.0. The number of piperidine rings is 1. The van der Waals surface area contributed by atoms with Crippen molar-refractivity contribution in [3.8, 4) is 0 Å². The number of carbonyl (C=O) groups is 1. The summed E-state index contributed by atoms with van der Waals surface area (Å²) in [6.07, 6.45) is 6.43. The number of hydrogen-bond donors (Lipinski definition) is 2. The summed E-state index contributed by atoms with van der Waals surface area (Å²) in [6.45, 7) is 1.65. The van der Waals surface area contributed by atoms with E-state index in [0.29, 0.717) is 6.42 Å². The standard InChI is InChI=1S/C17H23N3O/c18-14-8-10-20(11-9-14)17(21)7-3-4-13-12-19-16-6-2-1-5-15(13)16/h1-2,5-6,12,14,19H,3-4,7-11,18H2. The van der Waals surface area contributed by atoms with Gasteiger partial charge in [-0.3, -0.25) is 4.79 Å². The van der Waals surface area contributed by atoms with Crippen molar-refractivity contribution in [2.24, 2.45) is 5.73 Å². The molecule has 1 aromatic heterocycles. The molecule has 1 aliphatic heterocycles. The lowest BCUT2D eigenvalue weighted by Crippen LogP contribution is -2.42. The molecule has 2 heterocycles. The van der Waals surface area contributed by atoms with Crippen LogP contribution < -0.4 is 5.73 Å². The molecule has 3 N–H and O–H groups in total. The van der Waals surface area contributed by atoms with Crippen LogP contribution in [0.25, 0.3) is 10.9 Å². The number of nitrogens with two attached hydrogens (primary N) is 1. The molecule has 0 bridgehead atoms. The third-order valence-corrected chi connectivity index (χ3v) is 4.40. The van der Waals surface area contributed by atoms with Gasteiger partial charge >= 0.3 is 0 Å². The van der Waals surface area contributed by atoms with Gasteiger partial charge in [0, 0.05) is 42.7 Å². The number of rotatable bonds is 4. The Balaban J connectivity index is 1.51. The lowest BCUT2D eigenvalue weighted by molar-refractivity contribution is -0.132. The summed E-state index contributed by atoms with van der Waals surface area (Å²) >= 11 is 0. The Kier molecular flexibility index (Phi) is 4.25. The normalized spacial score (nSPS) is 16.5. The number of fused-ring (bicyclic) bond motifs is 1. The van der Waals surface area contributed by atoms with E-state index in [-0.39, 0.29) is 11.9 Å². The molecule has 4 heteroatoms. The van der Waals surface area contributed by atoms with Gasteiger partial charge in [-0.15, -0.1) is 0 Å². The number of para-hydroxylation sites is 1. The second-order valence-corrected chi connectivity index (χ2v) is 5.93. The van der Waals surface area contributed by atoms with Crippen molar-refractivity contribution in [3.05, 3.63) is 36.0 Å². The highest BCUT2D eigenvalue weighted by molar-refractivity contribution is 5.83. The van der Waals surface area contributed by atoms with E-state index in [1.165, 1.54) is 16.5 Å². The maximum Gasteiger partial charge on any atom is 0.222 e. The monoisotopic (exact) mass is 285 g/mol. The fourth-order valence-corrected chi connectivity index (χ4v) is 3.08. The van der Waals surface area contributed by atoms with E-state index in [9.17, 15) is 4.79 Å². The fraction of sp³-hybridized carbons (Fsp3) is 0.471. The van der Waals surface area contributed by atoms with E-state index < -0.39 is 0 Å². The summed E-state index contributed by atoms with van der Waals surface area (Å²) in [6, 6.07) is 8.59. The molecule has 3 rings (SSSR count). The smallest absolute Gasteiger partial charge is 0.222 e. The number of aromatic nitrogens is 1. The Labute approximate surface area is 125 Å². The summed E-state index contributed by atoms with van der Waals surface area (Å²) in [4.78, 5) is 17.4. The van der Waals surface area contributed by atoms with Crippen LogP contribution in [-0.2, 0) is 11.2 Å². The molecular formula is C17H23N3O. The zero-order chi connectivity index (χ0) is 14.7. The van der Waals surface area contributed by atoms with Crippen LogP contribution in [-0.4, -0.2) is 34.9 Å². The van der Waals surface area contributed by atoms with Crippen molar-refractivity contribution in [2.75, 3.05) is 13.1 Å². The lowest BCUT2D eigenvalue weighted by Gasteiger charge is -2.30. The zero-order valence-electron chi connectivity index (χ0n) is 12.3. The van der Waals surface area contributed by atoms with Crippen molar-refractivity contribution >= 4 is 16.8 Å². The molecule has 1 fully saturated rings. The first-order valence-electron chi connectivity index (χ1n) is 7.82. The molecule has 112 valence electrons. The maximum absolute atomic E-state index is 12.2. The van der Waals surface area contributed by atoms with Gasteiger partial charge in [0.2, 0.25) is 5.91 Å². The average Bonchev–Trinajstić information content (AvgIpc) is 2.91. The van der Waals surface area contributed by atoms with Gasteiger partial charge in [-0.2, -0.15) is 0 Å². The number of H-pyrrole nitrogens is 1. The van der Waals surface area contributed by atoms with E-state index >= 15 is 0 Å². The molecule has 0 unspecified atom stereocenters. The topological polar surface area (TPSA) is 62.1 Å². The van der Waals surface area contributed by atoms with Crippen LogP contribution in [0.4, 0.5) is 0 Å². The molecule has 4 nitrogen and oxygen atoms in total. The number of likely N-dealkylation sites (tertiary alicyclic amines) is 1. The second kappa shape index (κ2) is 6.31. The van der Waals surface area contributed by atoms with Crippen molar-refractivity contribution in [1.82, 2.24) is 9.88 Å². The summed E-state index contributed by atoms with van der Waals surface area (Å²) in [5.41, 5.74) is 8.35. The maximum atomic E-state index is 12.2. The highest BCUT2D eigenvalue weighted by atomic mass is 16.2. The largest absolute Gasteiger partial charge is 0.361 e. The van der Waals surface area contributed by atoms with Crippen molar-refractivity contribution in [2.45, 2.75) is 38.1 Å². The van der Waals surface area contributed by atoms with Crippen LogP contribution in [0, 0.1) is 0 Å². The van der Waals surface area contributed by atoms with Crippen molar-refractivity contribution in [1.29, 1.82) is 0 Å². The molecule has 1 amide bonds. The highest BCUT2D eigenvalue weighted by Crippen LogP contribution is 2.20. The summed E-state index contributed by atoms with van der Waals surface area (Å²) in [7, 11) is 0. The fourth-order valence-electron chi connectivity index (χ4n) is 3.08. The molecule has 0 radical (unpaired) electrons. The van der Waals surface area contributed by atoms with Gasteiger partial charge in [-0.25, -0.2) is 0 Å². The van der Waals surface area contributed by atoms with Gasteiger partial charge in [0.05, 0.1) is 0 Å². The number of nitrogens with one attached hydrogen (secondary N) is 1. The average molecular weight is 285 g/mol. The van der Waals surface area contributed by atoms with Crippen molar-refractivity contribution < 1.29 is 4.79 Å². The summed E-state index contributed by atoms with van der Waals surface area (Å²) in [5.74, 6) is 0.279. The SMILES string of the molecule is NC1CCN(C(=O)CCCc2c[nH]c3ccccc23)CC1. The third kappa shape index (κ3) is 3.27. The van der Waals surface area contributed by atoms with Crippen LogP contribution in [0.1, 0.15) is 31.2 Å². The van der Waals surface area contributed by atoms with Crippen LogP contribution in [0.3, 0.4) is 0 Å². The Hall–Kier alpha value is -1.81. The van der Waals surface area contributed by atoms with Gasteiger partial charge in [0.25, 0.3) is 0 Å². The molecule has 0 aliphatic carbocycles. The molecule has 21 heavy (non-hydrogen) atoms. The van der Waals surface area contributed by atoms with E-state index in [1.807, 2.05) is 11.0 Å². The summed E-state index contributed by atoms with van der Waals surface area (Å²) in [5, 5.41) is 1.27. The highest BCUT2D eigenvalue weighted by Gasteiger charge is 2.19. The number of nitrogens with zero attached hydrogens (tertiary/aromatic N) is 1. The quantitative estimate of drug-likeness (QED) is 0.906. The van der Waals surface area contributed by atoms with Crippen LogP contribution in [0.5, 0.6) is 0 Å². The minimum atomic E-state index is 0.278. The Morgan fingerprint density at radius 1 is 1.29 bits per heavy atom. The molecule has 0 saturated carbocycles. The van der Waals surface area contributed by atoms with Crippen LogP contribution >= 0.6 is 0 Å². The molecule has 0 atom stereocenters. The number of carbonyl (C=O) groups excluding carboxylic acids is 1. The second-order valence-electron chi connectivity index (χ2n) is 5.93. The van der Waals surface area contributed by atoms with E-state index in [2.05, 4.69) is 29.4 Å². The molecule has 1 saturated heterocycles. The number of hydrogen-bond acceptors (Lipinski definition) is 2. The Bertz CT molecular complexity index is 611. The van der Waals surface area contributed by atoms with Gasteiger partial charge in [0.1, 0.15) is 0 Å². The Morgan fingerprint density at radius 3 is 2.86 bits per heavy atom. The predicted octanol–water partition coefficient (Wildman–Crippen LogP) is 2.44. The van der Waals surface area contributed by atoms with Gasteiger partial charge in [-0.1, -0.05) is 18.2 Å². The van der Waals surface area contributed by atoms with Crippen molar-refractivity contribution in [3.63, 3.8) is 0 Å². The Morgan fingerprint density at radius 2 is 2.05 bits per heavy atom. The van der Waals surface area contributed by atoms with Gasteiger partial charge in [0.15, 0.2) is 0 Å². The number of amides is 1. The summed E-state index contributed by atoms with van der Waals surface area (Å²) < 4.78 is 0. The molecule has 0 spiro atoms. The zero-order valence-corrected chi connectivity index (χ0v) is 12.3. The van der Waals surface area contributed by atoms with E-state index in [4.69, 9.17) is 5.73 Å². The van der Waals surface area contributed by atoms with E-state index in [1.54, 1.807) is 0 Å². The molecule has 2 aromatic rings. The minimum absolute atomic E-state index is 0.278. The first-order valence-corrected chi connectivity index (χ1v) is 7.82. The number of aryl methyl sites for hydroxylation is 1. The number of benzene rings is 1. The predicted molar refractivity (Wildman–Crippen MR) is 85.0 cm³/mol. The first kappa shape index (κ1) is 14.1. The molecule has 1 aliphatic rings. The van der Waals surface area contributed by atoms with E-state index in [0.717, 1.165) is 38.8 Å². The number of aromatic amines is 1. The van der Waals surface area contributed by atoms with Gasteiger partial charge < -0.3 is 15.6 Å². The van der Waals surface area contributed by atoms with Crippen LogP contribution in [0.2, 0.25) is 0 Å². The molecular weight excluding hydrogens is 262 g/mol. The minimum Gasteiger partial charge on any atom is -0.361 e. The molecule has 1 aromatic carbocycles. The van der Waals surface area contributed by atoms with Crippen LogP contribution in [0.15, 0.2) is 30.5 Å². The van der Waals surface area contributed by atoms with Gasteiger partial charge in [-0.05, 0) is 37.3 Å². The third-order valence-electron chi connectivity index (χ3n) is 4.40. The first-order chi connectivity index (χ1) is 10.2.